The van der Waals surface area contributed by atoms with Crippen molar-refractivity contribution in [3.8, 4) is 0 Å². The predicted octanol–water partition coefficient (Wildman–Crippen LogP) is 5.58. The fraction of sp³-hybridized carbons (Fsp3) is 0.467. The average Bonchev–Trinajstić information content (AvgIpc) is 2.79. The molecule has 0 fully saturated rings. The molecule has 0 unspecified atom stereocenters. The van der Waals surface area contributed by atoms with Crippen LogP contribution in [0, 0.1) is 0 Å². The minimum Gasteiger partial charge on any atom is -0.301 e. The lowest BCUT2D eigenvalue weighted by Gasteiger charge is -2.07. The highest BCUT2D eigenvalue weighted by Gasteiger charge is 2.17. The fourth-order valence-electron chi connectivity index (χ4n) is 2.08. The zero-order valence-electron chi connectivity index (χ0n) is 12.2. The first kappa shape index (κ1) is 16.7. The first-order valence-electron chi connectivity index (χ1n) is 6.97. The maximum atomic E-state index is 12.0. The SMILES string of the molecule is CCC[C@@H](Br)C(=O)Nc1nc2c(C(C)C)cc(Cl)cc2s1. The van der Waals surface area contributed by atoms with E-state index in [4.69, 9.17) is 11.6 Å². The lowest BCUT2D eigenvalue weighted by molar-refractivity contribution is -0.115. The van der Waals surface area contributed by atoms with E-state index in [1.54, 1.807) is 0 Å². The Labute approximate surface area is 142 Å². The number of thiazole rings is 1. The lowest BCUT2D eigenvalue weighted by atomic mass is 10.0. The Morgan fingerprint density at radius 3 is 2.81 bits per heavy atom. The van der Waals surface area contributed by atoms with Crippen LogP contribution < -0.4 is 5.32 Å². The van der Waals surface area contributed by atoms with Crippen LogP contribution in [-0.4, -0.2) is 15.7 Å². The standard InChI is InChI=1S/C15H18BrClN2OS/c1-4-5-11(16)14(20)19-15-18-13-10(8(2)3)6-9(17)7-12(13)21-15/h6-8,11H,4-5H2,1-3H3,(H,18,19,20)/t11-/m1/s1. The molecular weight excluding hydrogens is 372 g/mol. The van der Waals surface area contributed by atoms with Crippen molar-refractivity contribution in [3.63, 3.8) is 0 Å². The lowest BCUT2D eigenvalue weighted by Crippen LogP contribution is -2.22. The predicted molar refractivity (Wildman–Crippen MR) is 95.0 cm³/mol. The van der Waals surface area contributed by atoms with Crippen molar-refractivity contribution >= 4 is 60.1 Å². The van der Waals surface area contributed by atoms with Gasteiger partial charge >= 0.3 is 0 Å². The van der Waals surface area contributed by atoms with Crippen LogP contribution in [-0.2, 0) is 4.79 Å². The fourth-order valence-corrected chi connectivity index (χ4v) is 3.89. The van der Waals surface area contributed by atoms with Gasteiger partial charge in [-0.3, -0.25) is 4.79 Å². The second kappa shape index (κ2) is 7.07. The molecule has 2 aromatic rings. The quantitative estimate of drug-likeness (QED) is 0.679. The van der Waals surface area contributed by atoms with E-state index in [0.29, 0.717) is 16.1 Å². The van der Waals surface area contributed by atoms with Crippen LogP contribution in [0.2, 0.25) is 5.02 Å². The molecule has 0 bridgehead atoms. The number of rotatable bonds is 5. The number of nitrogens with one attached hydrogen (secondary N) is 1. The highest BCUT2D eigenvalue weighted by molar-refractivity contribution is 9.10. The summed E-state index contributed by atoms with van der Waals surface area (Å²) in [6, 6.07) is 3.85. The summed E-state index contributed by atoms with van der Waals surface area (Å²) in [4.78, 5) is 16.4. The molecule has 0 aliphatic heterocycles. The molecule has 21 heavy (non-hydrogen) atoms. The van der Waals surface area contributed by atoms with Crippen LogP contribution in [0.4, 0.5) is 5.13 Å². The van der Waals surface area contributed by atoms with Crippen molar-refractivity contribution in [2.24, 2.45) is 0 Å². The third-order valence-corrected chi connectivity index (χ3v) is 5.18. The average molecular weight is 390 g/mol. The van der Waals surface area contributed by atoms with E-state index >= 15 is 0 Å². The number of alkyl halides is 1. The molecule has 3 nitrogen and oxygen atoms in total. The molecule has 1 aromatic carbocycles. The summed E-state index contributed by atoms with van der Waals surface area (Å²) in [7, 11) is 0. The number of carbonyl (C=O) groups excluding carboxylic acids is 1. The van der Waals surface area contributed by atoms with Gasteiger partial charge in [0.05, 0.1) is 15.0 Å². The number of nitrogens with zero attached hydrogens (tertiary/aromatic N) is 1. The summed E-state index contributed by atoms with van der Waals surface area (Å²) < 4.78 is 1.00. The number of hydrogen-bond acceptors (Lipinski definition) is 3. The summed E-state index contributed by atoms with van der Waals surface area (Å²) in [6.07, 6.45) is 1.76. The summed E-state index contributed by atoms with van der Waals surface area (Å²) in [5.74, 6) is 0.286. The van der Waals surface area contributed by atoms with Gasteiger partial charge in [0.1, 0.15) is 0 Å². The minimum absolute atomic E-state index is 0.0481. The number of fused-ring (bicyclic) bond motifs is 1. The van der Waals surface area contributed by atoms with Crippen molar-refractivity contribution in [1.29, 1.82) is 0 Å². The van der Waals surface area contributed by atoms with Crippen molar-refractivity contribution in [3.05, 3.63) is 22.7 Å². The molecule has 1 aromatic heterocycles. The van der Waals surface area contributed by atoms with Crippen molar-refractivity contribution < 1.29 is 4.79 Å². The van der Waals surface area contributed by atoms with Crippen LogP contribution in [0.15, 0.2) is 12.1 Å². The van der Waals surface area contributed by atoms with E-state index in [1.807, 2.05) is 12.1 Å². The topological polar surface area (TPSA) is 42.0 Å². The summed E-state index contributed by atoms with van der Waals surface area (Å²) >= 11 is 11.0. The molecule has 2 rings (SSSR count). The largest absolute Gasteiger partial charge is 0.301 e. The third kappa shape index (κ3) is 3.96. The summed E-state index contributed by atoms with van der Waals surface area (Å²) in [6.45, 7) is 6.27. The van der Waals surface area contributed by atoms with Crippen LogP contribution in [0.1, 0.15) is 45.1 Å². The normalized spacial score (nSPS) is 12.9. The molecule has 0 aliphatic carbocycles. The maximum absolute atomic E-state index is 12.0. The first-order valence-corrected chi connectivity index (χ1v) is 9.08. The van der Waals surface area contributed by atoms with Gasteiger partial charge in [0.15, 0.2) is 5.13 Å². The molecule has 0 saturated carbocycles. The minimum atomic E-state index is -0.178. The van der Waals surface area contributed by atoms with Crippen LogP contribution in [0.25, 0.3) is 10.2 Å². The molecule has 1 atom stereocenters. The highest BCUT2D eigenvalue weighted by Crippen LogP contribution is 2.34. The van der Waals surface area contributed by atoms with Crippen molar-refractivity contribution in [2.75, 3.05) is 5.32 Å². The smallest absolute Gasteiger partial charge is 0.239 e. The van der Waals surface area contributed by atoms with Crippen molar-refractivity contribution in [1.82, 2.24) is 4.98 Å². The van der Waals surface area contributed by atoms with Gasteiger partial charge in [-0.2, -0.15) is 0 Å². The van der Waals surface area contributed by atoms with E-state index in [9.17, 15) is 4.79 Å². The highest BCUT2D eigenvalue weighted by atomic mass is 79.9. The number of halogens is 2. The van der Waals surface area contributed by atoms with Gasteiger partial charge in [0, 0.05) is 5.02 Å². The molecule has 0 saturated heterocycles. The van der Waals surface area contributed by atoms with Crippen LogP contribution >= 0.6 is 38.9 Å². The Morgan fingerprint density at radius 2 is 2.19 bits per heavy atom. The van der Waals surface area contributed by atoms with Gasteiger partial charge < -0.3 is 5.32 Å². The zero-order chi connectivity index (χ0) is 15.6. The molecule has 0 aliphatic rings. The van der Waals surface area contributed by atoms with Crippen LogP contribution in [0.5, 0.6) is 0 Å². The molecule has 6 heteroatoms. The van der Waals surface area contributed by atoms with Crippen LogP contribution in [0.3, 0.4) is 0 Å². The molecule has 0 spiro atoms. The Bertz CT molecular complexity index is 656. The molecule has 1 amide bonds. The van der Waals surface area contributed by atoms with E-state index < -0.39 is 0 Å². The number of benzene rings is 1. The Balaban J connectivity index is 2.31. The van der Waals surface area contributed by atoms with Gasteiger partial charge in [0.2, 0.25) is 5.91 Å². The maximum Gasteiger partial charge on any atom is 0.239 e. The van der Waals surface area contributed by atoms with E-state index in [1.165, 1.54) is 11.3 Å². The second-order valence-electron chi connectivity index (χ2n) is 5.26. The molecule has 1 heterocycles. The number of aromatic nitrogens is 1. The van der Waals surface area contributed by atoms with Crippen molar-refractivity contribution in [2.45, 2.75) is 44.4 Å². The molecule has 1 N–H and O–H groups in total. The van der Waals surface area contributed by atoms with E-state index in [2.05, 4.69) is 47.0 Å². The van der Waals surface area contributed by atoms with E-state index in [0.717, 1.165) is 28.6 Å². The number of amides is 1. The third-order valence-electron chi connectivity index (χ3n) is 3.17. The monoisotopic (exact) mass is 388 g/mol. The molecule has 114 valence electrons. The second-order valence-corrected chi connectivity index (χ2v) is 7.83. The number of carbonyl (C=O) groups is 1. The molecule has 0 radical (unpaired) electrons. The van der Waals surface area contributed by atoms with Gasteiger partial charge in [-0.05, 0) is 30.0 Å². The Hall–Kier alpha value is -0.650. The van der Waals surface area contributed by atoms with Gasteiger partial charge in [-0.25, -0.2) is 4.98 Å². The van der Waals surface area contributed by atoms with E-state index in [-0.39, 0.29) is 10.7 Å². The Kier molecular flexibility index (Phi) is 5.63. The summed E-state index contributed by atoms with van der Waals surface area (Å²) in [5.41, 5.74) is 2.04. The molecular formula is C15H18BrClN2OS. The van der Waals surface area contributed by atoms with Gasteiger partial charge in [-0.1, -0.05) is 66.1 Å². The zero-order valence-corrected chi connectivity index (χ0v) is 15.4. The number of anilines is 1. The van der Waals surface area contributed by atoms with Gasteiger partial charge in [-0.15, -0.1) is 0 Å². The summed E-state index contributed by atoms with van der Waals surface area (Å²) in [5, 5.41) is 4.21. The Morgan fingerprint density at radius 1 is 1.48 bits per heavy atom. The number of hydrogen-bond donors (Lipinski definition) is 1. The van der Waals surface area contributed by atoms with Gasteiger partial charge in [0.25, 0.3) is 0 Å². The first-order chi connectivity index (χ1) is 9.92.